The highest BCUT2D eigenvalue weighted by atomic mass is 32.2. The number of hydrogen-bond donors (Lipinski definition) is 1. The molecule has 0 aliphatic heterocycles. The lowest BCUT2D eigenvalue weighted by Crippen LogP contribution is -2.31. The van der Waals surface area contributed by atoms with E-state index in [0.717, 1.165) is 0 Å². The summed E-state index contributed by atoms with van der Waals surface area (Å²) in [6.45, 7) is 5.02. The van der Waals surface area contributed by atoms with Crippen LogP contribution >= 0.6 is 11.8 Å². The molecule has 1 aromatic carbocycles. The molecule has 0 heterocycles. The van der Waals surface area contributed by atoms with Crippen LogP contribution in [0.25, 0.3) is 0 Å². The number of Topliss-reactive ketones (excluding diaryl/α,β-unsaturated/α-hetero) is 2. The Labute approximate surface area is 141 Å². The van der Waals surface area contributed by atoms with Gasteiger partial charge in [0, 0.05) is 5.75 Å². The third-order valence-electron chi connectivity index (χ3n) is 3.34. The molecule has 2 atom stereocenters. The van der Waals surface area contributed by atoms with Gasteiger partial charge in [0.05, 0.1) is 23.3 Å². The minimum absolute atomic E-state index is 0.0139. The summed E-state index contributed by atoms with van der Waals surface area (Å²) >= 11 is 1.37. The van der Waals surface area contributed by atoms with Crippen molar-refractivity contribution in [1.29, 1.82) is 0 Å². The van der Waals surface area contributed by atoms with Gasteiger partial charge in [-0.3, -0.25) is 14.4 Å². The Morgan fingerprint density at radius 2 is 1.91 bits per heavy atom. The second kappa shape index (κ2) is 9.47. The molecule has 0 fully saturated rings. The van der Waals surface area contributed by atoms with Crippen molar-refractivity contribution in [2.24, 2.45) is 11.7 Å². The van der Waals surface area contributed by atoms with Crippen LogP contribution in [0.3, 0.4) is 0 Å². The van der Waals surface area contributed by atoms with E-state index in [9.17, 15) is 14.4 Å². The molecule has 0 saturated heterocycles. The Morgan fingerprint density at radius 3 is 2.52 bits per heavy atom. The summed E-state index contributed by atoms with van der Waals surface area (Å²) in [5.74, 6) is 0.0458. The molecular weight excluding hydrogens is 314 g/mol. The molecule has 0 aromatic heterocycles. The van der Waals surface area contributed by atoms with Crippen LogP contribution in [0.1, 0.15) is 37.6 Å². The third kappa shape index (κ3) is 6.15. The zero-order valence-electron chi connectivity index (χ0n) is 13.7. The van der Waals surface area contributed by atoms with E-state index < -0.39 is 12.0 Å². The summed E-state index contributed by atoms with van der Waals surface area (Å²) < 4.78 is 5.31. The summed E-state index contributed by atoms with van der Waals surface area (Å²) in [6.07, 6.45) is 0.610. The van der Waals surface area contributed by atoms with Gasteiger partial charge in [0.15, 0.2) is 11.6 Å². The van der Waals surface area contributed by atoms with Crippen LogP contribution in [0.2, 0.25) is 0 Å². The van der Waals surface area contributed by atoms with Crippen LogP contribution in [0, 0.1) is 5.92 Å². The zero-order valence-corrected chi connectivity index (χ0v) is 14.5. The van der Waals surface area contributed by atoms with Gasteiger partial charge in [-0.2, -0.15) is 11.8 Å². The second-order valence-corrected chi connectivity index (χ2v) is 6.40. The fraction of sp³-hybridized carbons (Fsp3) is 0.471. The van der Waals surface area contributed by atoms with Gasteiger partial charge in [-0.15, -0.1) is 0 Å². The maximum absolute atomic E-state index is 12.1. The average molecular weight is 337 g/mol. The van der Waals surface area contributed by atoms with Crippen molar-refractivity contribution >= 4 is 29.3 Å². The number of ketones is 2. The van der Waals surface area contributed by atoms with Gasteiger partial charge in [0.2, 0.25) is 0 Å². The Balaban J connectivity index is 2.52. The van der Waals surface area contributed by atoms with E-state index in [0.29, 0.717) is 17.7 Å². The van der Waals surface area contributed by atoms with Gasteiger partial charge < -0.3 is 10.5 Å². The predicted octanol–water partition coefficient (Wildman–Crippen LogP) is 2.47. The number of benzene rings is 1. The number of rotatable bonds is 9. The first-order chi connectivity index (χ1) is 10.9. The Hall–Kier alpha value is -1.66. The molecule has 126 valence electrons. The van der Waals surface area contributed by atoms with Gasteiger partial charge in [-0.05, 0) is 25.5 Å². The lowest BCUT2D eigenvalue weighted by molar-refractivity contribution is -0.137. The van der Waals surface area contributed by atoms with E-state index in [2.05, 4.69) is 0 Å². The van der Waals surface area contributed by atoms with Crippen LogP contribution in [-0.2, 0) is 9.59 Å². The average Bonchev–Trinajstić information content (AvgIpc) is 2.53. The van der Waals surface area contributed by atoms with Crippen molar-refractivity contribution in [2.45, 2.75) is 33.2 Å². The maximum atomic E-state index is 12.1. The Kier molecular flexibility index (Phi) is 7.98. The van der Waals surface area contributed by atoms with Gasteiger partial charge in [-0.25, -0.2) is 0 Å². The highest BCUT2D eigenvalue weighted by Crippen LogP contribution is 2.20. The summed E-state index contributed by atoms with van der Waals surface area (Å²) in [6, 6.07) is 6.20. The number of carbonyl (C=O) groups excluding carboxylic acids is 3. The third-order valence-corrected chi connectivity index (χ3v) is 4.57. The molecule has 2 N–H and O–H groups in total. The van der Waals surface area contributed by atoms with Gasteiger partial charge in [0.25, 0.3) is 0 Å². The molecule has 0 aliphatic rings. The van der Waals surface area contributed by atoms with Crippen molar-refractivity contribution in [3.8, 4) is 5.75 Å². The molecule has 23 heavy (non-hydrogen) atoms. The number of carbonyl (C=O) groups is 3. The quantitative estimate of drug-likeness (QED) is 0.423. The fourth-order valence-corrected chi connectivity index (χ4v) is 2.82. The van der Waals surface area contributed by atoms with Gasteiger partial charge >= 0.3 is 5.97 Å². The lowest BCUT2D eigenvalue weighted by atomic mass is 10.1. The number of para-hydroxylation sites is 1. The molecule has 2 unspecified atom stereocenters. The minimum atomic E-state index is -0.438. The normalized spacial score (nSPS) is 13.2. The Morgan fingerprint density at radius 1 is 1.26 bits per heavy atom. The van der Waals surface area contributed by atoms with Gasteiger partial charge in [0.1, 0.15) is 5.75 Å². The van der Waals surface area contributed by atoms with E-state index >= 15 is 0 Å². The van der Waals surface area contributed by atoms with Crippen LogP contribution in [0.4, 0.5) is 0 Å². The lowest BCUT2D eigenvalue weighted by Gasteiger charge is -2.13. The number of thioether (sulfide) groups is 1. The minimum Gasteiger partial charge on any atom is -0.426 e. The molecule has 0 radical (unpaired) electrons. The van der Waals surface area contributed by atoms with Crippen molar-refractivity contribution in [1.82, 2.24) is 0 Å². The van der Waals surface area contributed by atoms with E-state index in [4.69, 9.17) is 10.5 Å². The molecule has 5 nitrogen and oxygen atoms in total. The van der Waals surface area contributed by atoms with Gasteiger partial charge in [-0.1, -0.05) is 26.0 Å². The van der Waals surface area contributed by atoms with Crippen LogP contribution in [0.15, 0.2) is 24.3 Å². The molecule has 0 spiro atoms. The van der Waals surface area contributed by atoms with Crippen LogP contribution < -0.4 is 10.5 Å². The standard InChI is InChI=1S/C17H23NO4S/c1-4-14(18)15(20)10-23-9-11(2)17(21)22-16-8-6-5-7-13(16)12(3)19/h5-8,11,14H,4,9-10,18H2,1-3H3. The molecule has 0 bridgehead atoms. The number of nitrogens with two attached hydrogens (primary N) is 1. The first-order valence-corrected chi connectivity index (χ1v) is 8.70. The van der Waals surface area contributed by atoms with Crippen LogP contribution in [0.5, 0.6) is 5.75 Å². The SMILES string of the molecule is CCC(N)C(=O)CSCC(C)C(=O)Oc1ccccc1C(C)=O. The molecule has 1 rings (SSSR count). The molecule has 0 amide bonds. The molecule has 1 aromatic rings. The Bertz CT molecular complexity index is 573. The smallest absolute Gasteiger partial charge is 0.314 e. The number of esters is 1. The van der Waals surface area contributed by atoms with Crippen molar-refractivity contribution < 1.29 is 19.1 Å². The largest absolute Gasteiger partial charge is 0.426 e. The van der Waals surface area contributed by atoms with E-state index in [1.165, 1.54) is 18.7 Å². The maximum Gasteiger partial charge on any atom is 0.314 e. The zero-order chi connectivity index (χ0) is 17.4. The number of hydrogen-bond acceptors (Lipinski definition) is 6. The molecule has 0 saturated carbocycles. The second-order valence-electron chi connectivity index (χ2n) is 5.37. The molecule has 0 aliphatic carbocycles. The van der Waals surface area contributed by atoms with Crippen LogP contribution in [-0.4, -0.2) is 35.1 Å². The molecular formula is C17H23NO4S. The predicted molar refractivity (Wildman–Crippen MR) is 91.8 cm³/mol. The van der Waals surface area contributed by atoms with Crippen molar-refractivity contribution in [3.63, 3.8) is 0 Å². The fourth-order valence-electron chi connectivity index (χ4n) is 1.79. The monoisotopic (exact) mass is 337 g/mol. The van der Waals surface area contributed by atoms with E-state index in [1.54, 1.807) is 31.2 Å². The van der Waals surface area contributed by atoms with Crippen molar-refractivity contribution in [2.75, 3.05) is 11.5 Å². The van der Waals surface area contributed by atoms with Crippen molar-refractivity contribution in [3.05, 3.63) is 29.8 Å². The summed E-state index contributed by atoms with van der Waals surface area (Å²) in [7, 11) is 0. The highest BCUT2D eigenvalue weighted by molar-refractivity contribution is 7.99. The molecule has 6 heteroatoms. The van der Waals surface area contributed by atoms with E-state index in [1.807, 2.05) is 6.92 Å². The summed E-state index contributed by atoms with van der Waals surface area (Å²) in [5.41, 5.74) is 6.03. The highest BCUT2D eigenvalue weighted by Gasteiger charge is 2.19. The topological polar surface area (TPSA) is 86.5 Å². The summed E-state index contributed by atoms with van der Waals surface area (Å²) in [5, 5.41) is 0. The summed E-state index contributed by atoms with van der Waals surface area (Å²) in [4.78, 5) is 35.2. The first-order valence-electron chi connectivity index (χ1n) is 7.54. The van der Waals surface area contributed by atoms with E-state index in [-0.39, 0.29) is 29.0 Å². The number of ether oxygens (including phenoxy) is 1. The first kappa shape index (κ1) is 19.4.